The molecule has 0 spiro atoms. The number of rotatable bonds is 4. The van der Waals surface area contributed by atoms with Crippen LogP contribution in [0.15, 0.2) is 0 Å². The number of fused-ring (bicyclic) bond motifs is 1. The quantitative estimate of drug-likeness (QED) is 0.764. The van der Waals surface area contributed by atoms with Gasteiger partial charge in [-0.2, -0.15) is 0 Å². The normalized spacial score (nSPS) is 31.3. The molecule has 4 nitrogen and oxygen atoms in total. The van der Waals surface area contributed by atoms with Gasteiger partial charge >= 0.3 is 0 Å². The van der Waals surface area contributed by atoms with Gasteiger partial charge in [0.05, 0.1) is 13.2 Å². The van der Waals surface area contributed by atoms with Crippen molar-refractivity contribution in [1.29, 1.82) is 0 Å². The van der Waals surface area contributed by atoms with Crippen molar-refractivity contribution in [3.05, 3.63) is 0 Å². The number of nitrogens with zero attached hydrogens (tertiary/aromatic N) is 2. The first-order valence-electron chi connectivity index (χ1n) is 7.22. The van der Waals surface area contributed by atoms with Crippen molar-refractivity contribution in [3.8, 4) is 0 Å². The average molecular weight is 256 g/mol. The average Bonchev–Trinajstić information content (AvgIpc) is 2.39. The molecule has 2 unspecified atom stereocenters. The van der Waals surface area contributed by atoms with E-state index in [9.17, 15) is 10.2 Å². The van der Waals surface area contributed by atoms with E-state index in [4.69, 9.17) is 0 Å². The van der Waals surface area contributed by atoms with Gasteiger partial charge in [0.15, 0.2) is 0 Å². The Morgan fingerprint density at radius 2 is 1.89 bits per heavy atom. The summed E-state index contributed by atoms with van der Waals surface area (Å²) in [6, 6.07) is 0.754. The first kappa shape index (κ1) is 14.3. The lowest BCUT2D eigenvalue weighted by molar-refractivity contribution is -0.00798. The van der Waals surface area contributed by atoms with E-state index in [1.54, 1.807) is 0 Å². The number of piperidine rings is 2. The number of aliphatic hydroxyl groups is 2. The highest BCUT2D eigenvalue weighted by Crippen LogP contribution is 2.30. The van der Waals surface area contributed by atoms with Crippen molar-refractivity contribution in [2.24, 2.45) is 11.3 Å². The van der Waals surface area contributed by atoms with E-state index < -0.39 is 0 Å². The second-order valence-electron chi connectivity index (χ2n) is 6.60. The number of hydrogen-bond donors (Lipinski definition) is 2. The Balaban J connectivity index is 1.90. The van der Waals surface area contributed by atoms with E-state index >= 15 is 0 Å². The lowest BCUT2D eigenvalue weighted by Gasteiger charge is -2.47. The Morgan fingerprint density at radius 3 is 2.56 bits per heavy atom. The van der Waals surface area contributed by atoms with Gasteiger partial charge in [0.2, 0.25) is 0 Å². The van der Waals surface area contributed by atoms with Gasteiger partial charge in [-0.05, 0) is 45.3 Å². The highest BCUT2D eigenvalue weighted by molar-refractivity contribution is 4.90. The molecule has 2 fully saturated rings. The van der Waals surface area contributed by atoms with Crippen molar-refractivity contribution >= 4 is 0 Å². The van der Waals surface area contributed by atoms with E-state index in [2.05, 4.69) is 16.8 Å². The fourth-order valence-electron chi connectivity index (χ4n) is 3.56. The van der Waals surface area contributed by atoms with Crippen LogP contribution in [0.4, 0.5) is 0 Å². The monoisotopic (exact) mass is 256 g/mol. The second-order valence-corrected chi connectivity index (χ2v) is 6.60. The zero-order chi connectivity index (χ0) is 13.2. The molecule has 2 saturated heterocycles. The first-order valence-corrected chi connectivity index (χ1v) is 7.22. The van der Waals surface area contributed by atoms with Crippen LogP contribution in [0.1, 0.15) is 26.2 Å². The van der Waals surface area contributed by atoms with Crippen LogP contribution in [0.5, 0.6) is 0 Å². The van der Waals surface area contributed by atoms with Crippen LogP contribution in [-0.4, -0.2) is 72.5 Å². The van der Waals surface area contributed by atoms with E-state index in [0.29, 0.717) is 0 Å². The summed E-state index contributed by atoms with van der Waals surface area (Å²) in [4.78, 5) is 4.95. The molecule has 0 aliphatic carbocycles. The van der Waals surface area contributed by atoms with Crippen molar-refractivity contribution in [3.63, 3.8) is 0 Å². The van der Waals surface area contributed by atoms with Gasteiger partial charge in [0.1, 0.15) is 0 Å². The van der Waals surface area contributed by atoms with Crippen molar-refractivity contribution in [2.75, 3.05) is 46.4 Å². The molecule has 0 radical (unpaired) electrons. The minimum absolute atomic E-state index is 0.0635. The maximum absolute atomic E-state index is 9.40. The third-order valence-corrected chi connectivity index (χ3v) is 4.80. The van der Waals surface area contributed by atoms with E-state index in [-0.39, 0.29) is 18.6 Å². The van der Waals surface area contributed by atoms with Crippen molar-refractivity contribution in [2.45, 2.75) is 32.2 Å². The summed E-state index contributed by atoms with van der Waals surface area (Å²) in [5.41, 5.74) is -0.354. The molecule has 2 aliphatic heterocycles. The maximum atomic E-state index is 9.40. The SMILES string of the molecule is CN1CCCC2CN(CC(C)(CO)CO)CCC21. The Kier molecular flexibility index (Phi) is 4.64. The summed E-state index contributed by atoms with van der Waals surface area (Å²) in [5.74, 6) is 0.777. The van der Waals surface area contributed by atoms with E-state index in [1.807, 2.05) is 6.92 Å². The van der Waals surface area contributed by atoms with Gasteiger partial charge in [0.25, 0.3) is 0 Å². The zero-order valence-corrected chi connectivity index (χ0v) is 11.8. The number of aliphatic hydroxyl groups excluding tert-OH is 2. The van der Waals surface area contributed by atoms with Gasteiger partial charge in [0, 0.05) is 24.5 Å². The van der Waals surface area contributed by atoms with Crippen LogP contribution in [0.2, 0.25) is 0 Å². The Hall–Kier alpha value is -0.160. The fourth-order valence-corrected chi connectivity index (χ4v) is 3.56. The molecular weight excluding hydrogens is 228 g/mol. The minimum atomic E-state index is -0.354. The minimum Gasteiger partial charge on any atom is -0.396 e. The molecule has 0 bridgehead atoms. The van der Waals surface area contributed by atoms with Crippen LogP contribution < -0.4 is 0 Å². The molecule has 4 heteroatoms. The third-order valence-electron chi connectivity index (χ3n) is 4.80. The highest BCUT2D eigenvalue weighted by atomic mass is 16.3. The summed E-state index contributed by atoms with van der Waals surface area (Å²) in [6.45, 7) is 6.37. The topological polar surface area (TPSA) is 46.9 Å². The predicted octanol–water partition coefficient (Wildman–Crippen LogP) is 0.393. The van der Waals surface area contributed by atoms with Gasteiger partial charge in [-0.25, -0.2) is 0 Å². The number of hydrogen-bond acceptors (Lipinski definition) is 4. The predicted molar refractivity (Wildman–Crippen MR) is 72.5 cm³/mol. The first-order chi connectivity index (χ1) is 8.58. The molecule has 2 aliphatic rings. The van der Waals surface area contributed by atoms with E-state index in [0.717, 1.165) is 31.6 Å². The third kappa shape index (κ3) is 3.05. The van der Waals surface area contributed by atoms with Gasteiger partial charge in [-0.1, -0.05) is 6.92 Å². The molecule has 2 rings (SSSR count). The summed E-state index contributed by atoms with van der Waals surface area (Å²) < 4.78 is 0. The lowest BCUT2D eigenvalue weighted by atomic mass is 9.83. The molecule has 18 heavy (non-hydrogen) atoms. The Morgan fingerprint density at radius 1 is 1.17 bits per heavy atom. The molecule has 106 valence electrons. The molecule has 2 heterocycles. The fraction of sp³-hybridized carbons (Fsp3) is 1.00. The van der Waals surface area contributed by atoms with Crippen molar-refractivity contribution in [1.82, 2.24) is 9.80 Å². The summed E-state index contributed by atoms with van der Waals surface area (Å²) >= 11 is 0. The zero-order valence-electron chi connectivity index (χ0n) is 11.8. The molecular formula is C14H28N2O2. The van der Waals surface area contributed by atoms with Gasteiger partial charge in [-0.3, -0.25) is 0 Å². The van der Waals surface area contributed by atoms with Crippen LogP contribution in [0, 0.1) is 11.3 Å². The summed E-state index contributed by atoms with van der Waals surface area (Å²) in [6.07, 6.45) is 3.87. The molecule has 0 aromatic heterocycles. The molecule has 0 amide bonds. The van der Waals surface area contributed by atoms with Gasteiger partial charge < -0.3 is 20.0 Å². The molecule has 0 aromatic rings. The summed E-state index contributed by atoms with van der Waals surface area (Å²) in [5, 5.41) is 18.8. The molecule has 0 saturated carbocycles. The largest absolute Gasteiger partial charge is 0.396 e. The van der Waals surface area contributed by atoms with Crippen LogP contribution in [0.3, 0.4) is 0 Å². The molecule has 2 N–H and O–H groups in total. The second kappa shape index (κ2) is 5.87. The van der Waals surface area contributed by atoms with Crippen molar-refractivity contribution < 1.29 is 10.2 Å². The molecule has 0 aromatic carbocycles. The smallest absolute Gasteiger partial charge is 0.0519 e. The highest BCUT2D eigenvalue weighted by Gasteiger charge is 2.36. The maximum Gasteiger partial charge on any atom is 0.0519 e. The van der Waals surface area contributed by atoms with Gasteiger partial charge in [-0.15, -0.1) is 0 Å². The van der Waals surface area contributed by atoms with Crippen LogP contribution >= 0.6 is 0 Å². The lowest BCUT2D eigenvalue weighted by Crippen LogP contribution is -2.54. The van der Waals surface area contributed by atoms with Crippen LogP contribution in [-0.2, 0) is 0 Å². The molecule has 2 atom stereocenters. The Labute approximate surface area is 111 Å². The Bertz CT molecular complexity index is 269. The summed E-state index contributed by atoms with van der Waals surface area (Å²) in [7, 11) is 2.25. The van der Waals surface area contributed by atoms with E-state index in [1.165, 1.54) is 25.8 Å². The standard InChI is InChI=1S/C14H28N2O2/c1-14(10-17,11-18)9-16-7-5-13-12(8-16)4-3-6-15(13)2/h12-13,17-18H,3-11H2,1-2H3. The number of likely N-dealkylation sites (tertiary alicyclic amines) is 2. The van der Waals surface area contributed by atoms with Crippen LogP contribution in [0.25, 0.3) is 0 Å².